The molecule has 1 aromatic rings. The molecule has 0 aliphatic carbocycles. The zero-order chi connectivity index (χ0) is 25.8. The van der Waals surface area contributed by atoms with Crippen LogP contribution >= 0.6 is 0 Å². The van der Waals surface area contributed by atoms with Crippen molar-refractivity contribution in [3.05, 3.63) is 23.8 Å². The topological polar surface area (TPSA) is 120 Å². The molecule has 3 amide bonds. The Morgan fingerprint density at radius 1 is 0.758 bits per heavy atom. The van der Waals surface area contributed by atoms with Gasteiger partial charge in [0.2, 0.25) is 0 Å². The van der Waals surface area contributed by atoms with Crippen LogP contribution in [0.2, 0.25) is 0 Å². The third-order valence-electron chi connectivity index (χ3n) is 3.43. The second-order valence-corrected chi connectivity index (χ2v) is 10.1. The first-order chi connectivity index (χ1) is 14.8. The van der Waals surface area contributed by atoms with Gasteiger partial charge in [-0.2, -0.15) is 4.90 Å². The molecule has 33 heavy (non-hydrogen) atoms. The van der Waals surface area contributed by atoms with Gasteiger partial charge in [0, 0.05) is 7.05 Å². The molecule has 0 heterocycles. The largest absolute Gasteiger partial charge is 0.514 e. The fourth-order valence-corrected chi connectivity index (χ4v) is 2.32. The molecule has 184 valence electrons. The molecule has 0 saturated carbocycles. The predicted octanol–water partition coefficient (Wildman–Crippen LogP) is 5.04. The Morgan fingerprint density at radius 3 is 1.61 bits per heavy atom. The highest BCUT2D eigenvalue weighted by Crippen LogP contribution is 2.29. The van der Waals surface area contributed by atoms with E-state index in [0.29, 0.717) is 4.90 Å². The van der Waals surface area contributed by atoms with E-state index in [4.69, 9.17) is 18.9 Å². The lowest BCUT2D eigenvalue weighted by molar-refractivity contribution is 0.0203. The van der Waals surface area contributed by atoms with E-state index >= 15 is 0 Å². The van der Waals surface area contributed by atoms with E-state index in [-0.39, 0.29) is 17.0 Å². The summed E-state index contributed by atoms with van der Waals surface area (Å²) >= 11 is 0. The maximum atomic E-state index is 12.9. The first-order valence-corrected chi connectivity index (χ1v) is 10.4. The number of carbonyl (C=O) groups is 4. The van der Waals surface area contributed by atoms with Crippen molar-refractivity contribution in [1.29, 1.82) is 0 Å². The molecule has 0 unspecified atom stereocenters. The van der Waals surface area contributed by atoms with Gasteiger partial charge in [0.15, 0.2) is 0 Å². The highest BCUT2D eigenvalue weighted by molar-refractivity contribution is 6.10. The minimum Gasteiger partial charge on any atom is -0.443 e. The molecule has 1 N–H and O–H groups in total. The van der Waals surface area contributed by atoms with E-state index in [1.165, 1.54) is 25.2 Å². The van der Waals surface area contributed by atoms with Crippen molar-refractivity contribution < 1.29 is 38.1 Å². The van der Waals surface area contributed by atoms with Crippen molar-refractivity contribution >= 4 is 29.9 Å². The zero-order valence-electron chi connectivity index (χ0n) is 20.9. The number of nitrogens with zero attached hydrogens (tertiary/aromatic N) is 1. The fourth-order valence-electron chi connectivity index (χ4n) is 2.32. The Hall–Kier alpha value is -3.30. The molecule has 0 saturated heterocycles. The predicted molar refractivity (Wildman–Crippen MR) is 122 cm³/mol. The van der Waals surface area contributed by atoms with Crippen molar-refractivity contribution in [1.82, 2.24) is 5.32 Å². The monoisotopic (exact) mass is 466 g/mol. The molecule has 0 aromatic heterocycles. The van der Waals surface area contributed by atoms with Gasteiger partial charge in [-0.3, -0.25) is 4.79 Å². The normalized spacial score (nSPS) is 11.8. The van der Waals surface area contributed by atoms with Crippen LogP contribution in [0.1, 0.15) is 72.7 Å². The van der Waals surface area contributed by atoms with Crippen LogP contribution in [-0.4, -0.2) is 48.1 Å². The van der Waals surface area contributed by atoms with E-state index < -0.39 is 41.1 Å². The smallest absolute Gasteiger partial charge is 0.443 e. The van der Waals surface area contributed by atoms with Crippen molar-refractivity contribution in [2.24, 2.45) is 0 Å². The molecule has 10 nitrogen and oxygen atoms in total. The van der Waals surface area contributed by atoms with Gasteiger partial charge in [-0.15, -0.1) is 0 Å². The van der Waals surface area contributed by atoms with Gasteiger partial charge in [0.25, 0.3) is 5.91 Å². The van der Waals surface area contributed by atoms with Crippen molar-refractivity contribution in [2.45, 2.75) is 79.1 Å². The van der Waals surface area contributed by atoms with Crippen molar-refractivity contribution in [2.75, 3.05) is 11.9 Å². The van der Waals surface area contributed by atoms with Gasteiger partial charge in [0.1, 0.15) is 22.6 Å². The van der Waals surface area contributed by atoms with Gasteiger partial charge in [-0.05, 0) is 80.5 Å². The first-order valence-electron chi connectivity index (χ1n) is 10.4. The van der Waals surface area contributed by atoms with E-state index in [1.807, 2.05) is 0 Å². The highest BCUT2D eigenvalue weighted by atomic mass is 16.7. The average molecular weight is 467 g/mol. The van der Waals surface area contributed by atoms with Gasteiger partial charge < -0.3 is 24.3 Å². The molecule has 10 heteroatoms. The van der Waals surface area contributed by atoms with Crippen molar-refractivity contribution in [3.63, 3.8) is 0 Å². The molecule has 0 aliphatic rings. The molecule has 0 aliphatic heterocycles. The van der Waals surface area contributed by atoms with Crippen LogP contribution < -0.4 is 15.0 Å². The Bertz CT molecular complexity index is 877. The third kappa shape index (κ3) is 9.38. The van der Waals surface area contributed by atoms with Gasteiger partial charge in [0.05, 0.1) is 11.3 Å². The number of benzene rings is 1. The number of imide groups is 1. The van der Waals surface area contributed by atoms with Gasteiger partial charge >= 0.3 is 18.3 Å². The molecule has 0 radical (unpaired) electrons. The summed E-state index contributed by atoms with van der Waals surface area (Å²) in [5.74, 6) is -0.746. The summed E-state index contributed by atoms with van der Waals surface area (Å²) in [5, 5.41) is 2.42. The molecule has 0 atom stereocenters. The summed E-state index contributed by atoms with van der Waals surface area (Å²) in [6, 6.07) is 3.80. The molecule has 0 spiro atoms. The van der Waals surface area contributed by atoms with Crippen LogP contribution in [0.3, 0.4) is 0 Å². The first kappa shape index (κ1) is 27.7. The number of nitrogens with one attached hydrogen (secondary N) is 1. The summed E-state index contributed by atoms with van der Waals surface area (Å²) in [7, 11) is 1.38. The summed E-state index contributed by atoms with van der Waals surface area (Å²) < 4.78 is 21.0. The van der Waals surface area contributed by atoms with E-state index in [0.717, 1.165) is 0 Å². The third-order valence-corrected chi connectivity index (χ3v) is 3.43. The molecular weight excluding hydrogens is 432 g/mol. The number of ether oxygens (including phenoxy) is 4. The van der Waals surface area contributed by atoms with Crippen LogP contribution in [0.25, 0.3) is 0 Å². The van der Waals surface area contributed by atoms with Gasteiger partial charge in [-0.1, -0.05) is 0 Å². The summed E-state index contributed by atoms with van der Waals surface area (Å²) in [6.07, 6.45) is -3.02. The SMILES string of the molecule is CNC(=O)c1cc(N(C(=O)OC(C)(C)C)C(=O)OC(C)(C)C)ccc1OC(=O)OC(C)(C)C. The molecule has 1 aromatic carbocycles. The number of hydrogen-bond donors (Lipinski definition) is 1. The van der Waals surface area contributed by atoms with Crippen LogP contribution in [0.15, 0.2) is 18.2 Å². The van der Waals surface area contributed by atoms with Crippen LogP contribution in [0, 0.1) is 0 Å². The minimum absolute atomic E-state index is 0.0198. The second kappa shape index (κ2) is 10.1. The van der Waals surface area contributed by atoms with Crippen LogP contribution in [-0.2, 0) is 14.2 Å². The molecule has 1 rings (SSSR count). The molecule has 0 fully saturated rings. The van der Waals surface area contributed by atoms with Gasteiger partial charge in [-0.25, -0.2) is 14.4 Å². The van der Waals surface area contributed by atoms with E-state index in [1.54, 1.807) is 62.3 Å². The Morgan fingerprint density at radius 2 is 1.21 bits per heavy atom. The van der Waals surface area contributed by atoms with E-state index in [2.05, 4.69) is 5.32 Å². The standard InChI is InChI=1S/C23H34N2O8/c1-21(2,3)31-18(27)25(19(28)32-22(4,5)6)14-11-12-16(15(13-14)17(26)24-10)30-20(29)33-23(7,8)9/h11-13H,1-10H3,(H,24,26). The van der Waals surface area contributed by atoms with E-state index in [9.17, 15) is 19.2 Å². The maximum Gasteiger partial charge on any atom is 0.514 e. The average Bonchev–Trinajstić information content (AvgIpc) is 2.57. The summed E-state index contributed by atoms with van der Waals surface area (Å²) in [5.41, 5.74) is -2.75. The fraction of sp³-hybridized carbons (Fsp3) is 0.565. The van der Waals surface area contributed by atoms with Crippen molar-refractivity contribution in [3.8, 4) is 5.75 Å². The maximum absolute atomic E-state index is 12.9. The Balaban J connectivity index is 3.48. The molecule has 0 bridgehead atoms. The quantitative estimate of drug-likeness (QED) is 0.374. The number of amides is 3. The summed E-state index contributed by atoms with van der Waals surface area (Å²) in [4.78, 5) is 51.0. The molecular formula is C23H34N2O8. The number of hydrogen-bond acceptors (Lipinski definition) is 8. The zero-order valence-corrected chi connectivity index (χ0v) is 20.9. The lowest BCUT2D eigenvalue weighted by Gasteiger charge is -2.29. The number of anilines is 1. The van der Waals surface area contributed by atoms with Crippen LogP contribution in [0.4, 0.5) is 20.1 Å². The highest BCUT2D eigenvalue weighted by Gasteiger charge is 2.33. The lowest BCUT2D eigenvalue weighted by atomic mass is 10.1. The second-order valence-electron chi connectivity index (χ2n) is 10.1. The van der Waals surface area contributed by atoms with Crippen LogP contribution in [0.5, 0.6) is 5.75 Å². The number of rotatable bonds is 3. The summed E-state index contributed by atoms with van der Waals surface area (Å²) in [6.45, 7) is 14.9. The lowest BCUT2D eigenvalue weighted by Crippen LogP contribution is -2.44. The number of carbonyl (C=O) groups excluding carboxylic acids is 4. The Labute approximate surface area is 194 Å². The Kier molecular flexibility index (Phi) is 8.49. The minimum atomic E-state index is -1.02.